The Morgan fingerprint density at radius 1 is 0.449 bits per heavy atom. The quantitative estimate of drug-likeness (QED) is 0.162. The molecule has 0 unspecified atom stereocenters. The van der Waals surface area contributed by atoms with Crippen molar-refractivity contribution in [3.05, 3.63) is 186 Å². The van der Waals surface area contributed by atoms with Crippen molar-refractivity contribution in [3.8, 4) is 33.4 Å². The molecule has 2 aliphatic carbocycles. The molecule has 13 rings (SSSR count). The van der Waals surface area contributed by atoms with E-state index >= 15 is 0 Å². The summed E-state index contributed by atoms with van der Waals surface area (Å²) in [4.78, 5) is 5.50. The minimum atomic E-state index is -0.0873. The van der Waals surface area contributed by atoms with Gasteiger partial charge in [-0.2, -0.15) is 0 Å². The van der Waals surface area contributed by atoms with Gasteiger partial charge in [-0.25, -0.2) is 0 Å². The number of hydrogen-bond acceptors (Lipinski definition) is 3. The molecular weight excluding hydrogens is 852 g/mol. The molecule has 1 aromatic heterocycles. The maximum Gasteiger partial charge on any atom is 0.343 e. The van der Waals surface area contributed by atoms with Gasteiger partial charge in [0.15, 0.2) is 0 Å². The predicted molar refractivity (Wildman–Crippen MR) is 299 cm³/mol. The number of benzene rings is 8. The molecule has 0 radical (unpaired) electrons. The summed E-state index contributed by atoms with van der Waals surface area (Å²) in [6.07, 6.45) is 4.72. The fourth-order valence-corrected chi connectivity index (χ4v) is 14.3. The van der Waals surface area contributed by atoms with Crippen LogP contribution in [-0.2, 0) is 21.7 Å². The first-order valence-electron chi connectivity index (χ1n) is 25.4. The second kappa shape index (κ2) is 14.8. The van der Waals surface area contributed by atoms with E-state index in [1.165, 1.54) is 146 Å². The molecule has 4 heteroatoms. The van der Waals surface area contributed by atoms with Crippen molar-refractivity contribution in [1.29, 1.82) is 0 Å². The maximum atomic E-state index is 2.76. The fraction of sp³-hybridized carbons (Fsp3) is 0.262. The molecule has 0 bridgehead atoms. The molecule has 0 fully saturated rings. The summed E-state index contributed by atoms with van der Waals surface area (Å²) in [6.45, 7) is 22.1. The summed E-state index contributed by atoms with van der Waals surface area (Å²) in [5.41, 5.74) is 23.0. The Balaban J connectivity index is 1.19. The van der Waals surface area contributed by atoms with Gasteiger partial charge >= 0.3 is 6.85 Å². The zero-order valence-corrected chi connectivity index (χ0v) is 42.5. The zero-order chi connectivity index (χ0) is 47.4. The van der Waals surface area contributed by atoms with Gasteiger partial charge in [0.1, 0.15) is 0 Å². The Kier molecular flexibility index (Phi) is 9.18. The molecule has 8 aromatic carbocycles. The van der Waals surface area contributed by atoms with Crippen LogP contribution in [0.5, 0.6) is 0 Å². The first-order chi connectivity index (χ1) is 33.1. The largest absolute Gasteiger partial charge is 0.375 e. The van der Waals surface area contributed by atoms with E-state index in [-0.39, 0.29) is 28.5 Å². The standard InChI is InChI=1S/C65H61BN2S/c1-40-34-51-53(64(6,7)32-30-62(51,2)3)38-55(40)67-56-36-45(42-20-14-11-15-21-42)35-49-48-29-26-44-22-16-17-23-47(44)59(48)68(46-27-24-43(25-28-46)41-18-12-10-13-19-41)66(58(49)56)61-60(67)50-37-52-54(39-57(50)69-61)65(8,9)33-31-63(52,4)5/h10-29,34-39H,30-33H2,1-9H3. The second-order valence-corrected chi connectivity index (χ2v) is 24.5. The summed E-state index contributed by atoms with van der Waals surface area (Å²) < 4.78 is 2.79. The Bertz CT molecular complexity index is 3580. The van der Waals surface area contributed by atoms with Gasteiger partial charge in [-0.3, -0.25) is 0 Å². The molecule has 2 aliphatic heterocycles. The van der Waals surface area contributed by atoms with Crippen molar-refractivity contribution in [1.82, 2.24) is 0 Å². The minimum absolute atomic E-state index is 0.0495. The van der Waals surface area contributed by atoms with Gasteiger partial charge in [-0.1, -0.05) is 171 Å². The molecule has 4 aliphatic rings. The molecular formula is C65H61BN2S. The number of rotatable bonds is 4. The molecule has 340 valence electrons. The van der Waals surface area contributed by atoms with Crippen LogP contribution in [0.2, 0.25) is 0 Å². The van der Waals surface area contributed by atoms with Crippen LogP contribution in [0.15, 0.2) is 158 Å². The van der Waals surface area contributed by atoms with E-state index in [1.807, 2.05) is 11.3 Å². The molecule has 0 saturated heterocycles. The van der Waals surface area contributed by atoms with Gasteiger partial charge in [0.2, 0.25) is 0 Å². The summed E-state index contributed by atoms with van der Waals surface area (Å²) >= 11 is 2.04. The summed E-state index contributed by atoms with van der Waals surface area (Å²) in [6, 6.07) is 60.8. The van der Waals surface area contributed by atoms with Crippen LogP contribution in [0.4, 0.5) is 28.4 Å². The van der Waals surface area contributed by atoms with Gasteiger partial charge in [0.25, 0.3) is 0 Å². The third-order valence-corrected chi connectivity index (χ3v) is 18.5. The third-order valence-electron chi connectivity index (χ3n) is 17.3. The Labute approximate surface area is 413 Å². The average Bonchev–Trinajstić information content (AvgIpc) is 3.73. The van der Waals surface area contributed by atoms with Crippen LogP contribution in [0.25, 0.3) is 54.2 Å². The minimum Gasteiger partial charge on any atom is -0.375 e. The van der Waals surface area contributed by atoms with Gasteiger partial charge < -0.3 is 9.71 Å². The van der Waals surface area contributed by atoms with Gasteiger partial charge in [0, 0.05) is 48.6 Å². The van der Waals surface area contributed by atoms with Crippen LogP contribution in [0, 0.1) is 6.92 Å². The molecule has 0 spiro atoms. The number of hydrogen-bond donors (Lipinski definition) is 0. The number of fused-ring (bicyclic) bond motifs is 10. The van der Waals surface area contributed by atoms with E-state index in [1.54, 1.807) is 0 Å². The number of anilines is 5. The lowest BCUT2D eigenvalue weighted by Crippen LogP contribution is -2.60. The summed E-state index contributed by atoms with van der Waals surface area (Å²) in [5, 5.41) is 3.90. The molecule has 0 saturated carbocycles. The number of thiophene rings is 1. The molecule has 3 heterocycles. The van der Waals surface area contributed by atoms with E-state index in [9.17, 15) is 0 Å². The SMILES string of the molecule is Cc1cc2c(cc1N1c3cc(-c4ccccc4)cc4c3B(c3sc5cc6c(cc5c31)C(C)(C)CCC6(C)C)N(c1ccc(-c3ccccc3)cc1)c1c-4ccc3ccccc13)C(C)(C)CCC2(C)C. The highest BCUT2D eigenvalue weighted by molar-refractivity contribution is 7.32. The van der Waals surface area contributed by atoms with Crippen molar-refractivity contribution in [2.75, 3.05) is 9.71 Å². The highest BCUT2D eigenvalue weighted by Gasteiger charge is 2.49. The van der Waals surface area contributed by atoms with Crippen LogP contribution >= 0.6 is 11.3 Å². The second-order valence-electron chi connectivity index (χ2n) is 23.5. The topological polar surface area (TPSA) is 6.48 Å². The van der Waals surface area contributed by atoms with E-state index in [0.717, 1.165) is 0 Å². The van der Waals surface area contributed by atoms with Gasteiger partial charge in [-0.15, -0.1) is 11.3 Å². The van der Waals surface area contributed by atoms with Crippen molar-refractivity contribution in [2.45, 2.75) is 110 Å². The van der Waals surface area contributed by atoms with E-state index in [4.69, 9.17) is 0 Å². The van der Waals surface area contributed by atoms with E-state index < -0.39 is 0 Å². The maximum absolute atomic E-state index is 2.76. The summed E-state index contributed by atoms with van der Waals surface area (Å²) in [5.74, 6) is 0. The normalized spacial score (nSPS) is 17.8. The molecule has 69 heavy (non-hydrogen) atoms. The molecule has 0 amide bonds. The first kappa shape index (κ1) is 42.7. The highest BCUT2D eigenvalue weighted by Crippen LogP contribution is 2.56. The summed E-state index contributed by atoms with van der Waals surface area (Å²) in [7, 11) is 0. The van der Waals surface area contributed by atoms with Crippen LogP contribution in [0.3, 0.4) is 0 Å². The lowest BCUT2D eigenvalue weighted by molar-refractivity contribution is 0.332. The van der Waals surface area contributed by atoms with Crippen LogP contribution in [0.1, 0.15) is 109 Å². The average molecular weight is 913 g/mol. The predicted octanol–water partition coefficient (Wildman–Crippen LogP) is 17.1. The molecule has 0 atom stereocenters. The highest BCUT2D eigenvalue weighted by atomic mass is 32.1. The van der Waals surface area contributed by atoms with E-state index in [2.05, 4.69) is 230 Å². The van der Waals surface area contributed by atoms with Crippen molar-refractivity contribution in [2.24, 2.45) is 0 Å². The molecule has 0 N–H and O–H groups in total. The third kappa shape index (κ3) is 6.36. The zero-order valence-electron chi connectivity index (χ0n) is 41.7. The van der Waals surface area contributed by atoms with Crippen molar-refractivity contribution < 1.29 is 0 Å². The van der Waals surface area contributed by atoms with Crippen molar-refractivity contribution >= 4 is 77.7 Å². The van der Waals surface area contributed by atoms with Gasteiger partial charge in [0.05, 0.1) is 5.69 Å². The lowest BCUT2D eigenvalue weighted by atomic mass is 9.46. The van der Waals surface area contributed by atoms with E-state index in [0.29, 0.717) is 0 Å². The number of nitrogens with zero attached hydrogens (tertiary/aromatic N) is 2. The molecule has 9 aromatic rings. The van der Waals surface area contributed by atoms with Crippen LogP contribution in [-0.4, -0.2) is 6.85 Å². The smallest absolute Gasteiger partial charge is 0.343 e. The molecule has 2 nitrogen and oxygen atoms in total. The fourth-order valence-electron chi connectivity index (χ4n) is 13.0. The Hall–Kier alpha value is -6.36. The van der Waals surface area contributed by atoms with Crippen molar-refractivity contribution in [3.63, 3.8) is 0 Å². The monoisotopic (exact) mass is 912 g/mol. The van der Waals surface area contributed by atoms with Gasteiger partial charge in [-0.05, 0) is 163 Å². The lowest BCUT2D eigenvalue weighted by Gasteiger charge is -2.46. The van der Waals surface area contributed by atoms with Crippen LogP contribution < -0.4 is 20.0 Å². The Morgan fingerprint density at radius 3 is 1.65 bits per heavy atom. The first-order valence-corrected chi connectivity index (χ1v) is 26.2. The number of aryl methyl sites for hydroxylation is 1. The Morgan fingerprint density at radius 2 is 1.00 bits per heavy atom.